The summed E-state index contributed by atoms with van der Waals surface area (Å²) in [5, 5.41) is 9.38. The molecule has 0 bridgehead atoms. The molecule has 4 rings (SSSR count). The number of rotatable bonds is 10. The fourth-order valence-electron chi connectivity index (χ4n) is 4.71. The van der Waals surface area contributed by atoms with Gasteiger partial charge in [-0.15, -0.1) is 0 Å². The van der Waals surface area contributed by atoms with Crippen LogP contribution in [0.1, 0.15) is 42.3 Å². The molecule has 3 atom stereocenters. The van der Waals surface area contributed by atoms with Gasteiger partial charge in [-0.25, -0.2) is 8.78 Å². The van der Waals surface area contributed by atoms with Gasteiger partial charge >= 0.3 is 21.6 Å². The predicted octanol–water partition coefficient (Wildman–Crippen LogP) is 5.94. The largest absolute Gasteiger partial charge is 0.534 e. The van der Waals surface area contributed by atoms with Crippen LogP contribution >= 0.6 is 0 Å². The van der Waals surface area contributed by atoms with Gasteiger partial charge in [-0.1, -0.05) is 24.3 Å². The van der Waals surface area contributed by atoms with Crippen molar-refractivity contribution in [3.8, 4) is 5.75 Å². The van der Waals surface area contributed by atoms with Crippen LogP contribution in [0.25, 0.3) is 0 Å². The maximum atomic E-state index is 13.5. The molecule has 1 fully saturated rings. The first-order chi connectivity index (χ1) is 18.8. The number of carboxylic acids is 1. The Labute approximate surface area is 225 Å². The molecule has 0 saturated carbocycles. The standard InChI is InChI=1S/C27H22F5NO6S/c28-19-6-1-16(2-7-19)18(15-24(34)35)5-14-23-25(33(26(23)36)21-10-8-20(29)9-11-21)17-3-12-22(13-4-17)39-40(37,38)27(30,31)32/h1-4,6-13,18,23,25H,5,14-15H2,(H,34,35)/t18-,23+,25+/m0/s1. The Bertz CT molecular complexity index is 1480. The maximum Gasteiger partial charge on any atom is 0.534 e. The summed E-state index contributed by atoms with van der Waals surface area (Å²) in [6.45, 7) is 0. The number of alkyl halides is 3. The van der Waals surface area contributed by atoms with Crippen molar-refractivity contribution in [3.63, 3.8) is 0 Å². The number of hydrogen-bond acceptors (Lipinski definition) is 5. The van der Waals surface area contributed by atoms with E-state index in [1.54, 1.807) is 0 Å². The molecule has 0 radical (unpaired) electrons. The van der Waals surface area contributed by atoms with Crippen molar-refractivity contribution in [1.82, 2.24) is 0 Å². The molecule has 1 aliphatic rings. The molecule has 0 aliphatic carbocycles. The van der Waals surface area contributed by atoms with Crippen molar-refractivity contribution in [2.45, 2.75) is 36.7 Å². The fourth-order valence-corrected chi connectivity index (χ4v) is 5.17. The summed E-state index contributed by atoms with van der Waals surface area (Å²) in [6, 6.07) is 14.4. The number of hydrogen-bond donors (Lipinski definition) is 1. The van der Waals surface area contributed by atoms with E-state index < -0.39 is 56.9 Å². The molecule has 0 spiro atoms. The third kappa shape index (κ3) is 6.24. The Morgan fingerprint density at radius 3 is 2.00 bits per heavy atom. The van der Waals surface area contributed by atoms with E-state index in [-0.39, 0.29) is 25.2 Å². The van der Waals surface area contributed by atoms with Crippen LogP contribution in [0.2, 0.25) is 0 Å². The molecule has 1 N–H and O–H groups in total. The number of amides is 1. The van der Waals surface area contributed by atoms with Gasteiger partial charge in [-0.2, -0.15) is 21.6 Å². The van der Waals surface area contributed by atoms with E-state index in [0.717, 1.165) is 24.3 Å². The summed E-state index contributed by atoms with van der Waals surface area (Å²) in [4.78, 5) is 26.1. The molecular weight excluding hydrogens is 561 g/mol. The van der Waals surface area contributed by atoms with Crippen molar-refractivity contribution in [1.29, 1.82) is 0 Å². The summed E-state index contributed by atoms with van der Waals surface area (Å²) in [7, 11) is -5.88. The van der Waals surface area contributed by atoms with E-state index in [9.17, 15) is 45.1 Å². The number of aliphatic carboxylic acids is 1. The van der Waals surface area contributed by atoms with Gasteiger partial charge in [0.05, 0.1) is 18.4 Å². The molecule has 3 aromatic rings. The Morgan fingerprint density at radius 1 is 0.925 bits per heavy atom. The highest BCUT2D eigenvalue weighted by Crippen LogP contribution is 2.47. The lowest BCUT2D eigenvalue weighted by molar-refractivity contribution is -0.137. The first-order valence-corrected chi connectivity index (χ1v) is 13.3. The van der Waals surface area contributed by atoms with Crippen LogP contribution in [0.5, 0.6) is 5.75 Å². The Kier molecular flexibility index (Phi) is 8.15. The normalized spacial score (nSPS) is 18.2. The van der Waals surface area contributed by atoms with Gasteiger partial charge in [0.25, 0.3) is 0 Å². The highest BCUT2D eigenvalue weighted by Gasteiger charge is 2.50. The lowest BCUT2D eigenvalue weighted by Gasteiger charge is -2.48. The Morgan fingerprint density at radius 2 is 1.48 bits per heavy atom. The van der Waals surface area contributed by atoms with Crippen molar-refractivity contribution in [2.24, 2.45) is 5.92 Å². The SMILES string of the molecule is O=C(O)C[C@H](CC[C@H]1C(=O)N(c2ccc(F)cc2)[C@@H]1c1ccc(OS(=O)(=O)C(F)(F)F)cc1)c1ccc(F)cc1. The van der Waals surface area contributed by atoms with Gasteiger partial charge in [0.1, 0.15) is 17.4 Å². The molecule has 212 valence electrons. The van der Waals surface area contributed by atoms with Gasteiger partial charge in [0.15, 0.2) is 0 Å². The molecule has 3 aromatic carbocycles. The minimum Gasteiger partial charge on any atom is -0.481 e. The van der Waals surface area contributed by atoms with Crippen LogP contribution in [-0.2, 0) is 19.7 Å². The zero-order valence-electron chi connectivity index (χ0n) is 20.5. The highest BCUT2D eigenvalue weighted by atomic mass is 32.2. The summed E-state index contributed by atoms with van der Waals surface area (Å²) in [6.07, 6.45) is 0.183. The van der Waals surface area contributed by atoms with Crippen LogP contribution < -0.4 is 9.08 Å². The lowest BCUT2D eigenvalue weighted by atomic mass is 9.76. The van der Waals surface area contributed by atoms with E-state index in [4.69, 9.17) is 0 Å². The molecular formula is C27H22F5NO6S. The number of benzene rings is 3. The van der Waals surface area contributed by atoms with Crippen LogP contribution in [0, 0.1) is 17.6 Å². The number of carboxylic acid groups (broad SMARTS) is 1. The van der Waals surface area contributed by atoms with Crippen molar-refractivity contribution >= 4 is 27.7 Å². The number of halogens is 5. The number of carbonyl (C=O) groups excluding carboxylic acids is 1. The molecule has 1 amide bonds. The Balaban J connectivity index is 1.60. The summed E-state index contributed by atoms with van der Waals surface area (Å²) in [5.74, 6) is -4.25. The van der Waals surface area contributed by atoms with Crippen LogP contribution in [0.15, 0.2) is 72.8 Å². The zero-order chi connectivity index (χ0) is 29.2. The molecule has 1 aliphatic heterocycles. The topological polar surface area (TPSA) is 101 Å². The van der Waals surface area contributed by atoms with Crippen molar-refractivity contribution in [3.05, 3.63) is 95.6 Å². The van der Waals surface area contributed by atoms with E-state index in [1.807, 2.05) is 0 Å². The molecule has 1 heterocycles. The van der Waals surface area contributed by atoms with E-state index in [2.05, 4.69) is 4.18 Å². The van der Waals surface area contributed by atoms with Gasteiger partial charge in [-0.3, -0.25) is 9.59 Å². The average Bonchev–Trinajstić information content (AvgIpc) is 2.88. The monoisotopic (exact) mass is 583 g/mol. The lowest BCUT2D eigenvalue weighted by Crippen LogP contribution is -2.55. The number of β-lactam (4-membered cyclic amide) rings is 1. The minimum absolute atomic E-state index is 0.206. The second-order valence-electron chi connectivity index (χ2n) is 9.21. The van der Waals surface area contributed by atoms with Gasteiger partial charge in [-0.05, 0) is 78.4 Å². The first-order valence-electron chi connectivity index (χ1n) is 11.9. The second-order valence-corrected chi connectivity index (χ2v) is 10.7. The van der Waals surface area contributed by atoms with Gasteiger partial charge in [0, 0.05) is 5.69 Å². The van der Waals surface area contributed by atoms with E-state index in [0.29, 0.717) is 16.8 Å². The van der Waals surface area contributed by atoms with E-state index in [1.165, 1.54) is 53.4 Å². The third-order valence-corrected chi connectivity index (χ3v) is 7.60. The number of carbonyl (C=O) groups is 2. The first kappa shape index (κ1) is 29.0. The molecule has 0 aromatic heterocycles. The summed E-state index contributed by atoms with van der Waals surface area (Å²) in [5.41, 5.74) is -4.25. The van der Waals surface area contributed by atoms with Crippen LogP contribution in [-0.4, -0.2) is 30.9 Å². The molecule has 0 unspecified atom stereocenters. The predicted molar refractivity (Wildman–Crippen MR) is 133 cm³/mol. The number of anilines is 1. The zero-order valence-corrected chi connectivity index (χ0v) is 21.3. The summed E-state index contributed by atoms with van der Waals surface area (Å²) < 4.78 is 91.8. The quantitative estimate of drug-likeness (QED) is 0.137. The van der Waals surface area contributed by atoms with Crippen LogP contribution in [0.4, 0.5) is 27.6 Å². The van der Waals surface area contributed by atoms with Crippen molar-refractivity contribution < 1.29 is 49.2 Å². The summed E-state index contributed by atoms with van der Waals surface area (Å²) >= 11 is 0. The Hall–Kier alpha value is -4.00. The molecule has 7 nitrogen and oxygen atoms in total. The maximum absolute atomic E-state index is 13.5. The smallest absolute Gasteiger partial charge is 0.481 e. The second kappa shape index (κ2) is 11.2. The molecule has 40 heavy (non-hydrogen) atoms. The van der Waals surface area contributed by atoms with Gasteiger partial charge < -0.3 is 14.2 Å². The molecule has 13 heteroatoms. The average molecular weight is 584 g/mol. The van der Waals surface area contributed by atoms with Crippen LogP contribution in [0.3, 0.4) is 0 Å². The fraction of sp³-hybridized carbons (Fsp3) is 0.259. The van der Waals surface area contributed by atoms with Crippen molar-refractivity contribution in [2.75, 3.05) is 4.90 Å². The van der Waals surface area contributed by atoms with E-state index >= 15 is 0 Å². The molecule has 1 saturated heterocycles. The highest BCUT2D eigenvalue weighted by molar-refractivity contribution is 7.88. The third-order valence-electron chi connectivity index (χ3n) is 6.62. The minimum atomic E-state index is -5.88. The number of nitrogens with zero attached hydrogens (tertiary/aromatic N) is 1. The van der Waals surface area contributed by atoms with Gasteiger partial charge in [0.2, 0.25) is 5.91 Å².